The second-order valence-corrected chi connectivity index (χ2v) is 4.23. The molecule has 0 atom stereocenters. The van der Waals surface area contributed by atoms with Crippen molar-refractivity contribution in [3.8, 4) is 0 Å². The van der Waals surface area contributed by atoms with Gasteiger partial charge in [-0.3, -0.25) is 9.59 Å². The molecule has 0 aliphatic heterocycles. The number of carbonyl (C=O) groups excluding carboxylic acids is 2. The standard InChI is InChI=1S/C14H14N2O3/c1-8-6-12(9(2)19-8)14(18)16-11-5-3-4-10(7-11)13(15)17/h3-7H,1-2H3,(H2,15,17)(H,16,18). The summed E-state index contributed by atoms with van der Waals surface area (Å²) in [5.74, 6) is 0.414. The molecule has 0 bridgehead atoms. The second-order valence-electron chi connectivity index (χ2n) is 4.23. The fourth-order valence-electron chi connectivity index (χ4n) is 1.80. The average molecular weight is 258 g/mol. The summed E-state index contributed by atoms with van der Waals surface area (Å²) >= 11 is 0. The summed E-state index contributed by atoms with van der Waals surface area (Å²) in [6.07, 6.45) is 0. The van der Waals surface area contributed by atoms with Crippen LogP contribution in [0.15, 0.2) is 34.7 Å². The lowest BCUT2D eigenvalue weighted by Crippen LogP contribution is -2.14. The molecule has 0 saturated carbocycles. The molecule has 0 radical (unpaired) electrons. The zero-order valence-corrected chi connectivity index (χ0v) is 10.7. The van der Waals surface area contributed by atoms with E-state index in [9.17, 15) is 9.59 Å². The lowest BCUT2D eigenvalue weighted by molar-refractivity contribution is 0.0996. The molecule has 0 aliphatic rings. The lowest BCUT2D eigenvalue weighted by atomic mass is 10.1. The van der Waals surface area contributed by atoms with E-state index in [0.29, 0.717) is 28.3 Å². The molecule has 19 heavy (non-hydrogen) atoms. The molecule has 98 valence electrons. The maximum atomic E-state index is 12.0. The fraction of sp³-hybridized carbons (Fsp3) is 0.143. The summed E-state index contributed by atoms with van der Waals surface area (Å²) in [4.78, 5) is 23.1. The fourth-order valence-corrected chi connectivity index (χ4v) is 1.80. The molecule has 2 rings (SSSR count). The first-order valence-corrected chi connectivity index (χ1v) is 5.75. The number of anilines is 1. The van der Waals surface area contributed by atoms with Gasteiger partial charge in [-0.1, -0.05) is 6.07 Å². The molecule has 0 unspecified atom stereocenters. The summed E-state index contributed by atoms with van der Waals surface area (Å²) in [6, 6.07) is 8.13. The Morgan fingerprint density at radius 2 is 1.95 bits per heavy atom. The van der Waals surface area contributed by atoms with Crippen molar-refractivity contribution in [3.05, 3.63) is 53.0 Å². The van der Waals surface area contributed by atoms with Gasteiger partial charge in [-0.15, -0.1) is 0 Å². The highest BCUT2D eigenvalue weighted by atomic mass is 16.3. The van der Waals surface area contributed by atoms with Crippen molar-refractivity contribution in [2.45, 2.75) is 13.8 Å². The van der Waals surface area contributed by atoms with Crippen molar-refractivity contribution >= 4 is 17.5 Å². The van der Waals surface area contributed by atoms with Gasteiger partial charge in [0, 0.05) is 11.3 Å². The van der Waals surface area contributed by atoms with Gasteiger partial charge in [0.2, 0.25) is 5.91 Å². The van der Waals surface area contributed by atoms with Crippen LogP contribution in [0.2, 0.25) is 0 Å². The van der Waals surface area contributed by atoms with Gasteiger partial charge in [0.15, 0.2) is 0 Å². The molecule has 2 aromatic rings. The van der Waals surface area contributed by atoms with Crippen molar-refractivity contribution in [2.24, 2.45) is 5.73 Å². The van der Waals surface area contributed by atoms with Gasteiger partial charge in [-0.05, 0) is 38.1 Å². The van der Waals surface area contributed by atoms with Gasteiger partial charge in [0.1, 0.15) is 11.5 Å². The van der Waals surface area contributed by atoms with Gasteiger partial charge in [-0.25, -0.2) is 0 Å². The highest BCUT2D eigenvalue weighted by Gasteiger charge is 2.14. The molecule has 3 N–H and O–H groups in total. The van der Waals surface area contributed by atoms with Crippen molar-refractivity contribution in [2.75, 3.05) is 5.32 Å². The minimum Gasteiger partial charge on any atom is -0.466 e. The first-order valence-electron chi connectivity index (χ1n) is 5.75. The number of primary amides is 1. The minimum atomic E-state index is -0.536. The minimum absolute atomic E-state index is 0.282. The van der Waals surface area contributed by atoms with Crippen LogP contribution in [0.1, 0.15) is 32.2 Å². The van der Waals surface area contributed by atoms with Crippen molar-refractivity contribution in [1.29, 1.82) is 0 Å². The Balaban J connectivity index is 2.21. The van der Waals surface area contributed by atoms with Gasteiger partial charge < -0.3 is 15.5 Å². The largest absolute Gasteiger partial charge is 0.466 e. The van der Waals surface area contributed by atoms with Gasteiger partial charge in [-0.2, -0.15) is 0 Å². The van der Waals surface area contributed by atoms with E-state index >= 15 is 0 Å². The third-order valence-electron chi connectivity index (χ3n) is 2.69. The Hall–Kier alpha value is -2.56. The first kappa shape index (κ1) is 12.9. The highest BCUT2D eigenvalue weighted by Crippen LogP contribution is 2.17. The van der Waals surface area contributed by atoms with E-state index in [-0.39, 0.29) is 5.91 Å². The van der Waals surface area contributed by atoms with Gasteiger partial charge >= 0.3 is 0 Å². The number of carbonyl (C=O) groups is 2. The molecule has 0 aliphatic carbocycles. The van der Waals surface area contributed by atoms with E-state index in [1.54, 1.807) is 38.1 Å². The van der Waals surface area contributed by atoms with Crippen molar-refractivity contribution < 1.29 is 14.0 Å². The maximum Gasteiger partial charge on any atom is 0.259 e. The average Bonchev–Trinajstić information content (AvgIpc) is 2.69. The monoisotopic (exact) mass is 258 g/mol. The van der Waals surface area contributed by atoms with Crippen LogP contribution in [0.3, 0.4) is 0 Å². The number of amides is 2. The zero-order valence-electron chi connectivity index (χ0n) is 10.7. The van der Waals surface area contributed by atoms with Crippen LogP contribution < -0.4 is 11.1 Å². The normalized spacial score (nSPS) is 10.2. The predicted molar refractivity (Wildman–Crippen MR) is 71.1 cm³/mol. The molecule has 1 aromatic carbocycles. The van der Waals surface area contributed by atoms with Crippen LogP contribution in [-0.4, -0.2) is 11.8 Å². The SMILES string of the molecule is Cc1cc(C(=O)Nc2cccc(C(N)=O)c2)c(C)o1. The zero-order chi connectivity index (χ0) is 14.0. The number of furan rings is 1. The number of aryl methyl sites for hydroxylation is 2. The number of nitrogens with one attached hydrogen (secondary N) is 1. The van der Waals surface area contributed by atoms with Crippen LogP contribution in [0, 0.1) is 13.8 Å². The summed E-state index contributed by atoms with van der Waals surface area (Å²) in [7, 11) is 0. The van der Waals surface area contributed by atoms with Gasteiger partial charge in [0.25, 0.3) is 5.91 Å². The summed E-state index contributed by atoms with van der Waals surface area (Å²) in [5.41, 5.74) is 6.52. The second kappa shape index (κ2) is 4.97. The van der Waals surface area contributed by atoms with Crippen molar-refractivity contribution in [1.82, 2.24) is 0 Å². The molecule has 0 saturated heterocycles. The quantitative estimate of drug-likeness (QED) is 0.885. The van der Waals surface area contributed by atoms with Crippen molar-refractivity contribution in [3.63, 3.8) is 0 Å². The Morgan fingerprint density at radius 1 is 1.21 bits per heavy atom. The molecule has 1 aromatic heterocycles. The third kappa shape index (κ3) is 2.82. The number of hydrogen-bond acceptors (Lipinski definition) is 3. The topological polar surface area (TPSA) is 85.3 Å². The lowest BCUT2D eigenvalue weighted by Gasteiger charge is -2.05. The third-order valence-corrected chi connectivity index (χ3v) is 2.69. The number of benzene rings is 1. The Morgan fingerprint density at radius 3 is 2.53 bits per heavy atom. The molecule has 1 heterocycles. The molecule has 0 fully saturated rings. The van der Waals surface area contributed by atoms with E-state index in [0.717, 1.165) is 0 Å². The van der Waals surface area contributed by atoms with Gasteiger partial charge in [0.05, 0.1) is 5.56 Å². The van der Waals surface area contributed by atoms with Crippen LogP contribution in [0.25, 0.3) is 0 Å². The number of rotatable bonds is 3. The molecular formula is C14H14N2O3. The molecule has 2 amide bonds. The summed E-state index contributed by atoms with van der Waals surface area (Å²) < 4.78 is 5.30. The van der Waals surface area contributed by atoms with Crippen LogP contribution in [0.4, 0.5) is 5.69 Å². The smallest absolute Gasteiger partial charge is 0.259 e. The Bertz CT molecular complexity index is 644. The number of nitrogens with two attached hydrogens (primary N) is 1. The molecule has 0 spiro atoms. The summed E-state index contributed by atoms with van der Waals surface area (Å²) in [6.45, 7) is 3.50. The van der Waals surface area contributed by atoms with Crippen LogP contribution in [0.5, 0.6) is 0 Å². The molecule has 5 heteroatoms. The molecular weight excluding hydrogens is 244 g/mol. The van der Waals surface area contributed by atoms with E-state index < -0.39 is 5.91 Å². The molecule has 5 nitrogen and oxygen atoms in total. The van der Waals surface area contributed by atoms with Crippen LogP contribution in [-0.2, 0) is 0 Å². The highest BCUT2D eigenvalue weighted by molar-refractivity contribution is 6.05. The van der Waals surface area contributed by atoms with Crippen LogP contribution >= 0.6 is 0 Å². The van der Waals surface area contributed by atoms with E-state index in [1.165, 1.54) is 6.07 Å². The number of hydrogen-bond donors (Lipinski definition) is 2. The maximum absolute atomic E-state index is 12.0. The predicted octanol–water partition coefficient (Wildman–Crippen LogP) is 2.25. The first-order chi connectivity index (χ1) is 8.97. The Labute approximate surface area is 110 Å². The Kier molecular flexibility index (Phi) is 3.37. The van der Waals surface area contributed by atoms with E-state index in [2.05, 4.69) is 5.32 Å². The van der Waals surface area contributed by atoms with E-state index in [4.69, 9.17) is 10.2 Å². The van der Waals surface area contributed by atoms with E-state index in [1.807, 2.05) is 0 Å². The summed E-state index contributed by atoms with van der Waals surface area (Å²) in [5, 5.41) is 2.70.